The molecule has 15 aromatic rings. The van der Waals surface area contributed by atoms with Crippen molar-refractivity contribution in [3.63, 3.8) is 0 Å². The van der Waals surface area contributed by atoms with Crippen LogP contribution < -0.4 is 4.90 Å². The summed E-state index contributed by atoms with van der Waals surface area (Å²) in [6.45, 7) is 0. The van der Waals surface area contributed by atoms with Crippen LogP contribution in [0.2, 0.25) is 0 Å². The van der Waals surface area contributed by atoms with Crippen LogP contribution in [0.4, 0.5) is 17.1 Å². The molecule has 0 saturated carbocycles. The number of hydrogen-bond donors (Lipinski definition) is 0. The molecule has 360 valence electrons. The molecule has 0 unspecified atom stereocenters. The van der Waals surface area contributed by atoms with Gasteiger partial charge >= 0.3 is 0 Å². The van der Waals surface area contributed by atoms with Gasteiger partial charge in [-0.3, -0.25) is 0 Å². The van der Waals surface area contributed by atoms with Crippen LogP contribution in [0.5, 0.6) is 0 Å². The van der Waals surface area contributed by atoms with Crippen LogP contribution in [-0.4, -0.2) is 9.13 Å². The minimum atomic E-state index is 1.11. The normalized spacial score (nSPS) is 11.6. The van der Waals surface area contributed by atoms with E-state index >= 15 is 0 Å². The molecule has 15 rings (SSSR count). The van der Waals surface area contributed by atoms with Crippen LogP contribution in [0.25, 0.3) is 121 Å². The quantitative estimate of drug-likeness (QED) is 0.140. The third-order valence-corrected chi connectivity index (χ3v) is 15.6. The molecule has 0 fully saturated rings. The number of anilines is 3. The van der Waals surface area contributed by atoms with Crippen molar-refractivity contribution in [3.05, 3.63) is 297 Å². The Morgan fingerprint density at radius 3 is 0.974 bits per heavy atom. The number of rotatable bonds is 9. The number of fused-ring (bicyclic) bond motifs is 10. The van der Waals surface area contributed by atoms with Crippen molar-refractivity contribution < 1.29 is 0 Å². The standard InChI is InChI=1S/C74H49N3/c1-5-19-60(20-6-1)75(61-21-7-2-8-22-61)64-39-33-51(34-40-64)50-29-31-52(32-30-50)57-45-58(55-37-41-69-67(48-55)73-65-27-15-13-17-53(65)35-43-71(73)76(69)62-23-9-3-10-24-62)47-59(46-57)56-38-42-70-68(49-56)74-66-28-16-14-18-54(66)36-44-72(74)77(70)63-25-11-4-12-26-63/h1-49H. The largest absolute Gasteiger partial charge is 0.311 e. The van der Waals surface area contributed by atoms with Crippen molar-refractivity contribution in [3.8, 4) is 55.9 Å². The lowest BCUT2D eigenvalue weighted by molar-refractivity contribution is 1.18. The number of nitrogens with zero attached hydrogens (tertiary/aromatic N) is 3. The molecule has 0 aliphatic rings. The molecule has 0 spiro atoms. The van der Waals surface area contributed by atoms with Gasteiger partial charge in [-0.1, -0.05) is 182 Å². The van der Waals surface area contributed by atoms with Crippen molar-refractivity contribution in [2.24, 2.45) is 0 Å². The molecule has 0 bridgehead atoms. The molecule has 0 radical (unpaired) electrons. The fourth-order valence-electron chi connectivity index (χ4n) is 12.0. The summed E-state index contributed by atoms with van der Waals surface area (Å²) in [5.41, 5.74) is 19.8. The molecule has 0 aliphatic heterocycles. The first-order valence-corrected chi connectivity index (χ1v) is 26.5. The summed E-state index contributed by atoms with van der Waals surface area (Å²) in [4.78, 5) is 2.31. The number of para-hydroxylation sites is 4. The predicted octanol–water partition coefficient (Wildman–Crippen LogP) is 20.3. The van der Waals surface area contributed by atoms with Gasteiger partial charge in [-0.05, 0) is 181 Å². The van der Waals surface area contributed by atoms with E-state index in [-0.39, 0.29) is 0 Å². The molecule has 3 nitrogen and oxygen atoms in total. The highest BCUT2D eigenvalue weighted by Crippen LogP contribution is 2.44. The zero-order chi connectivity index (χ0) is 50.8. The van der Waals surface area contributed by atoms with Crippen molar-refractivity contribution in [2.45, 2.75) is 0 Å². The SMILES string of the molecule is c1ccc(N(c2ccccc2)c2ccc(-c3ccc(-c4cc(-c5ccc6c(c5)c5c7ccccc7ccc5n6-c5ccccc5)cc(-c5ccc6c(c5)c5c7ccccc7ccc5n6-c5ccccc5)c4)cc3)cc2)cc1. The van der Waals surface area contributed by atoms with E-state index in [1.807, 2.05) is 0 Å². The van der Waals surface area contributed by atoms with Crippen molar-refractivity contribution in [1.82, 2.24) is 9.13 Å². The zero-order valence-corrected chi connectivity index (χ0v) is 42.1. The number of aromatic nitrogens is 2. The minimum absolute atomic E-state index is 1.11. The Kier molecular flexibility index (Phi) is 10.5. The molecular weight excluding hydrogens is 931 g/mol. The topological polar surface area (TPSA) is 13.1 Å². The third-order valence-electron chi connectivity index (χ3n) is 15.6. The van der Waals surface area contributed by atoms with Gasteiger partial charge in [0.05, 0.1) is 22.1 Å². The highest BCUT2D eigenvalue weighted by atomic mass is 15.1. The second kappa shape index (κ2) is 18.3. The first kappa shape index (κ1) is 44.3. The van der Waals surface area contributed by atoms with Crippen LogP contribution in [-0.2, 0) is 0 Å². The van der Waals surface area contributed by atoms with E-state index in [1.165, 1.54) is 98.5 Å². The minimum Gasteiger partial charge on any atom is -0.311 e. The van der Waals surface area contributed by atoms with E-state index in [2.05, 4.69) is 311 Å². The molecule has 13 aromatic carbocycles. The van der Waals surface area contributed by atoms with Gasteiger partial charge in [-0.2, -0.15) is 0 Å². The molecule has 0 aliphatic carbocycles. The average molecular weight is 980 g/mol. The maximum atomic E-state index is 2.43. The Balaban J connectivity index is 0.895. The van der Waals surface area contributed by atoms with E-state index in [0.717, 1.165) is 39.6 Å². The van der Waals surface area contributed by atoms with E-state index in [4.69, 9.17) is 0 Å². The molecule has 2 aromatic heterocycles. The first-order chi connectivity index (χ1) is 38.2. The van der Waals surface area contributed by atoms with E-state index < -0.39 is 0 Å². The smallest absolute Gasteiger partial charge is 0.0547 e. The van der Waals surface area contributed by atoms with E-state index in [0.29, 0.717) is 0 Å². The van der Waals surface area contributed by atoms with Crippen LogP contribution in [0.3, 0.4) is 0 Å². The average Bonchev–Trinajstić information content (AvgIpc) is 4.19. The Morgan fingerprint density at radius 1 is 0.208 bits per heavy atom. The Morgan fingerprint density at radius 2 is 0.532 bits per heavy atom. The fraction of sp³-hybridized carbons (Fsp3) is 0. The summed E-state index contributed by atoms with van der Waals surface area (Å²) in [6, 6.07) is 109. The summed E-state index contributed by atoms with van der Waals surface area (Å²) < 4.78 is 4.84. The Hall–Kier alpha value is -10.2. The zero-order valence-electron chi connectivity index (χ0n) is 42.1. The maximum Gasteiger partial charge on any atom is 0.0547 e. The molecule has 0 atom stereocenters. The maximum absolute atomic E-state index is 2.43. The lowest BCUT2D eigenvalue weighted by atomic mass is 9.91. The molecule has 2 heterocycles. The molecule has 3 heteroatoms. The number of benzene rings is 13. The van der Waals surface area contributed by atoms with Gasteiger partial charge in [-0.25, -0.2) is 0 Å². The molecule has 77 heavy (non-hydrogen) atoms. The summed E-state index contributed by atoms with van der Waals surface area (Å²) in [7, 11) is 0. The molecule has 0 amide bonds. The predicted molar refractivity (Wildman–Crippen MR) is 327 cm³/mol. The van der Waals surface area contributed by atoms with Gasteiger partial charge in [0.2, 0.25) is 0 Å². The summed E-state index contributed by atoms with van der Waals surface area (Å²) in [5, 5.41) is 9.99. The van der Waals surface area contributed by atoms with Crippen LogP contribution >= 0.6 is 0 Å². The highest BCUT2D eigenvalue weighted by molar-refractivity contribution is 6.23. The Bertz CT molecular complexity index is 4440. The first-order valence-electron chi connectivity index (χ1n) is 26.5. The molecule has 0 N–H and O–H groups in total. The molecular formula is C74H49N3. The highest BCUT2D eigenvalue weighted by Gasteiger charge is 2.20. The van der Waals surface area contributed by atoms with Gasteiger partial charge in [0, 0.05) is 50.0 Å². The number of hydrogen-bond acceptors (Lipinski definition) is 1. The van der Waals surface area contributed by atoms with Gasteiger partial charge in [0.1, 0.15) is 0 Å². The van der Waals surface area contributed by atoms with Crippen molar-refractivity contribution in [1.29, 1.82) is 0 Å². The lowest BCUT2D eigenvalue weighted by Gasteiger charge is -2.25. The van der Waals surface area contributed by atoms with Crippen molar-refractivity contribution >= 4 is 82.2 Å². The summed E-state index contributed by atoms with van der Waals surface area (Å²) in [6.07, 6.45) is 0. The fourth-order valence-corrected chi connectivity index (χ4v) is 12.0. The third kappa shape index (κ3) is 7.59. The van der Waals surface area contributed by atoms with E-state index in [9.17, 15) is 0 Å². The monoisotopic (exact) mass is 979 g/mol. The van der Waals surface area contributed by atoms with Crippen LogP contribution in [0.1, 0.15) is 0 Å². The van der Waals surface area contributed by atoms with Gasteiger partial charge in [-0.15, -0.1) is 0 Å². The Labute approximate surface area is 447 Å². The lowest BCUT2D eigenvalue weighted by Crippen LogP contribution is -2.09. The van der Waals surface area contributed by atoms with Gasteiger partial charge < -0.3 is 14.0 Å². The summed E-state index contributed by atoms with van der Waals surface area (Å²) >= 11 is 0. The second-order valence-electron chi connectivity index (χ2n) is 20.1. The van der Waals surface area contributed by atoms with Gasteiger partial charge in [0.15, 0.2) is 0 Å². The van der Waals surface area contributed by atoms with Crippen molar-refractivity contribution in [2.75, 3.05) is 4.90 Å². The van der Waals surface area contributed by atoms with E-state index in [1.54, 1.807) is 0 Å². The van der Waals surface area contributed by atoms with Crippen LogP contribution in [0.15, 0.2) is 297 Å². The second-order valence-corrected chi connectivity index (χ2v) is 20.1. The molecule has 0 saturated heterocycles. The van der Waals surface area contributed by atoms with Gasteiger partial charge in [0.25, 0.3) is 0 Å². The summed E-state index contributed by atoms with van der Waals surface area (Å²) in [5.74, 6) is 0. The van der Waals surface area contributed by atoms with Crippen LogP contribution in [0, 0.1) is 0 Å².